The zero-order valence-electron chi connectivity index (χ0n) is 17.6. The van der Waals surface area contributed by atoms with E-state index in [1.807, 2.05) is 23.6 Å². The Labute approximate surface area is 188 Å². The van der Waals surface area contributed by atoms with Crippen LogP contribution in [0.15, 0.2) is 54.2 Å². The van der Waals surface area contributed by atoms with E-state index in [2.05, 4.69) is 49.8 Å². The van der Waals surface area contributed by atoms with E-state index in [1.54, 1.807) is 29.8 Å². The molecule has 0 aliphatic carbocycles. The van der Waals surface area contributed by atoms with Crippen LogP contribution in [0.4, 0.5) is 5.82 Å². The molecule has 1 aromatic carbocycles. The van der Waals surface area contributed by atoms with E-state index in [0.717, 1.165) is 34.0 Å². The number of nitrogens with two attached hydrogens (primary N) is 1. The van der Waals surface area contributed by atoms with Gasteiger partial charge in [-0.3, -0.25) is 9.20 Å². The van der Waals surface area contributed by atoms with Crippen LogP contribution in [0, 0.1) is 12.3 Å². The van der Waals surface area contributed by atoms with Crippen molar-refractivity contribution in [1.82, 2.24) is 29.3 Å². The van der Waals surface area contributed by atoms with E-state index in [0.29, 0.717) is 11.2 Å². The summed E-state index contributed by atoms with van der Waals surface area (Å²) in [6, 6.07) is 12.0. The monoisotopic (exact) mass is 443 g/mol. The Morgan fingerprint density at radius 3 is 2.75 bits per heavy atom. The van der Waals surface area contributed by atoms with Gasteiger partial charge < -0.3 is 11.1 Å². The number of thiazole rings is 1. The second kappa shape index (κ2) is 8.91. The highest BCUT2D eigenvalue weighted by Crippen LogP contribution is 2.29. The quantitative estimate of drug-likeness (QED) is 0.417. The second-order valence-electron chi connectivity index (χ2n) is 6.74. The summed E-state index contributed by atoms with van der Waals surface area (Å²) >= 11 is 1.59. The number of benzene rings is 1. The number of aryl methyl sites for hydroxylation is 1. The Hall–Kier alpha value is -4.16. The predicted octanol–water partition coefficient (Wildman–Crippen LogP) is 3.28. The maximum Gasteiger partial charge on any atom is 0.258 e. The van der Waals surface area contributed by atoms with Crippen molar-refractivity contribution >= 4 is 33.7 Å². The van der Waals surface area contributed by atoms with E-state index in [9.17, 15) is 4.79 Å². The lowest BCUT2D eigenvalue weighted by molar-refractivity contribution is 0.0965. The van der Waals surface area contributed by atoms with Gasteiger partial charge in [0.1, 0.15) is 11.3 Å². The SMILES string of the molecule is C#Cc1csc2nc(CC)c(-c3ccccc3)n12.CNC(=O)c1c(N)nn2cccnc12. The molecule has 0 saturated carbocycles. The maximum atomic E-state index is 11.4. The Morgan fingerprint density at radius 1 is 1.28 bits per heavy atom. The first-order valence-corrected chi connectivity index (χ1v) is 10.8. The van der Waals surface area contributed by atoms with E-state index < -0.39 is 0 Å². The molecule has 0 radical (unpaired) electrons. The zero-order chi connectivity index (χ0) is 22.7. The van der Waals surface area contributed by atoms with Crippen molar-refractivity contribution in [1.29, 1.82) is 0 Å². The molecule has 0 bridgehead atoms. The van der Waals surface area contributed by atoms with Crippen molar-refractivity contribution in [2.75, 3.05) is 12.8 Å². The molecular formula is C23H21N7OS. The van der Waals surface area contributed by atoms with Crippen LogP contribution in [0.2, 0.25) is 0 Å². The van der Waals surface area contributed by atoms with Gasteiger partial charge in [-0.15, -0.1) is 22.9 Å². The molecule has 5 aromatic rings. The Morgan fingerprint density at radius 2 is 2.06 bits per heavy atom. The molecule has 0 aliphatic rings. The third-order valence-electron chi connectivity index (χ3n) is 4.84. The normalized spacial score (nSPS) is 10.5. The van der Waals surface area contributed by atoms with Crippen molar-refractivity contribution < 1.29 is 4.79 Å². The fourth-order valence-electron chi connectivity index (χ4n) is 3.39. The van der Waals surface area contributed by atoms with Crippen LogP contribution in [0.1, 0.15) is 28.7 Å². The summed E-state index contributed by atoms with van der Waals surface area (Å²) in [5, 5.41) is 8.42. The lowest BCUT2D eigenvalue weighted by Crippen LogP contribution is -2.19. The number of hydrogen-bond acceptors (Lipinski definition) is 6. The fourth-order valence-corrected chi connectivity index (χ4v) is 4.24. The summed E-state index contributed by atoms with van der Waals surface area (Å²) in [6.07, 6.45) is 9.74. The summed E-state index contributed by atoms with van der Waals surface area (Å²) < 4.78 is 3.55. The highest BCUT2D eigenvalue weighted by Gasteiger charge is 2.17. The van der Waals surface area contributed by atoms with Gasteiger partial charge in [0.25, 0.3) is 5.91 Å². The summed E-state index contributed by atoms with van der Waals surface area (Å²) in [5.41, 5.74) is 10.6. The third kappa shape index (κ3) is 3.68. The van der Waals surface area contributed by atoms with E-state index in [4.69, 9.17) is 12.2 Å². The first-order chi connectivity index (χ1) is 15.6. The summed E-state index contributed by atoms with van der Waals surface area (Å²) in [7, 11) is 1.54. The number of carbonyl (C=O) groups is 1. The summed E-state index contributed by atoms with van der Waals surface area (Å²) in [4.78, 5) is 21.1. The molecule has 160 valence electrons. The average Bonchev–Trinajstić information content (AvgIpc) is 3.49. The predicted molar refractivity (Wildman–Crippen MR) is 127 cm³/mol. The average molecular weight is 444 g/mol. The highest BCUT2D eigenvalue weighted by atomic mass is 32.1. The number of carbonyl (C=O) groups excluding carboxylic acids is 1. The number of imidazole rings is 1. The van der Waals surface area contributed by atoms with Gasteiger partial charge in [-0.05, 0) is 12.5 Å². The fraction of sp³-hybridized carbons (Fsp3) is 0.130. The van der Waals surface area contributed by atoms with Crippen LogP contribution < -0.4 is 11.1 Å². The Kier molecular flexibility index (Phi) is 5.87. The van der Waals surface area contributed by atoms with E-state index in [-0.39, 0.29) is 11.7 Å². The molecule has 32 heavy (non-hydrogen) atoms. The van der Waals surface area contributed by atoms with Gasteiger partial charge in [0.15, 0.2) is 16.4 Å². The number of hydrogen-bond donors (Lipinski definition) is 2. The van der Waals surface area contributed by atoms with Crippen molar-refractivity contribution in [2.45, 2.75) is 13.3 Å². The van der Waals surface area contributed by atoms with Crippen molar-refractivity contribution in [2.24, 2.45) is 0 Å². The summed E-state index contributed by atoms with van der Waals surface area (Å²) in [5.74, 6) is 2.63. The van der Waals surface area contributed by atoms with Crippen LogP contribution in [0.3, 0.4) is 0 Å². The van der Waals surface area contributed by atoms with Gasteiger partial charge in [0.2, 0.25) is 0 Å². The van der Waals surface area contributed by atoms with Crippen LogP contribution in [-0.2, 0) is 6.42 Å². The van der Waals surface area contributed by atoms with Crippen molar-refractivity contribution in [3.05, 3.63) is 71.1 Å². The largest absolute Gasteiger partial charge is 0.381 e. The molecule has 8 nitrogen and oxygen atoms in total. The lowest BCUT2D eigenvalue weighted by Gasteiger charge is -2.03. The molecule has 0 atom stereocenters. The molecule has 9 heteroatoms. The molecule has 4 heterocycles. The molecule has 1 amide bonds. The van der Waals surface area contributed by atoms with Crippen LogP contribution in [0.5, 0.6) is 0 Å². The zero-order valence-corrected chi connectivity index (χ0v) is 18.4. The number of fused-ring (bicyclic) bond motifs is 2. The number of nitrogens with one attached hydrogen (secondary N) is 1. The first kappa shape index (κ1) is 21.1. The number of nitrogen functional groups attached to an aromatic ring is 1. The molecule has 0 aliphatic heterocycles. The molecule has 0 spiro atoms. The minimum absolute atomic E-state index is 0.183. The van der Waals surface area contributed by atoms with Gasteiger partial charge in [-0.25, -0.2) is 14.5 Å². The lowest BCUT2D eigenvalue weighted by atomic mass is 10.1. The molecule has 5 rings (SSSR count). The molecular weight excluding hydrogens is 422 g/mol. The molecule has 0 saturated heterocycles. The van der Waals surface area contributed by atoms with Crippen LogP contribution in [-0.4, -0.2) is 36.9 Å². The van der Waals surface area contributed by atoms with Gasteiger partial charge in [-0.2, -0.15) is 0 Å². The molecule has 4 aromatic heterocycles. The standard InChI is InChI=1S/C15H12N2S.C8H9N5O/c1-3-12-10-18-15-16-13(4-2)14(17(12)15)11-8-6-5-7-9-11;1-10-8(14)5-6(9)12-13-4-2-3-11-7(5)13/h1,5-10H,4H2,2H3;2-4H,1H3,(H2,9,12)(H,10,14). The Bertz CT molecular complexity index is 1440. The van der Waals surface area contributed by atoms with Gasteiger partial charge in [-0.1, -0.05) is 43.2 Å². The maximum absolute atomic E-state index is 11.4. The highest BCUT2D eigenvalue weighted by molar-refractivity contribution is 7.15. The molecule has 0 unspecified atom stereocenters. The van der Waals surface area contributed by atoms with Crippen LogP contribution >= 0.6 is 11.3 Å². The molecule has 3 N–H and O–H groups in total. The van der Waals surface area contributed by atoms with E-state index in [1.165, 1.54) is 11.6 Å². The number of amides is 1. The number of anilines is 1. The van der Waals surface area contributed by atoms with Crippen molar-refractivity contribution in [3.8, 4) is 23.6 Å². The van der Waals surface area contributed by atoms with Crippen LogP contribution in [0.25, 0.3) is 21.9 Å². The minimum atomic E-state index is -0.281. The number of rotatable bonds is 3. The molecule has 0 fully saturated rings. The second-order valence-corrected chi connectivity index (χ2v) is 7.57. The minimum Gasteiger partial charge on any atom is -0.381 e. The first-order valence-electron chi connectivity index (χ1n) is 9.90. The number of terminal acetylenes is 1. The summed E-state index contributed by atoms with van der Waals surface area (Å²) in [6.45, 7) is 2.12. The van der Waals surface area contributed by atoms with Gasteiger partial charge >= 0.3 is 0 Å². The number of nitrogens with zero attached hydrogens (tertiary/aromatic N) is 5. The van der Waals surface area contributed by atoms with E-state index >= 15 is 0 Å². The smallest absolute Gasteiger partial charge is 0.258 e. The third-order valence-corrected chi connectivity index (χ3v) is 5.67. The van der Waals surface area contributed by atoms with Gasteiger partial charge in [0, 0.05) is 30.4 Å². The van der Waals surface area contributed by atoms with Crippen molar-refractivity contribution in [3.63, 3.8) is 0 Å². The topological polar surface area (TPSA) is 103 Å². The number of aromatic nitrogens is 5. The van der Waals surface area contributed by atoms with Gasteiger partial charge in [0.05, 0.1) is 11.4 Å². The Balaban J connectivity index is 0.000000158.